The molecular formula is C19H19N3O5. The van der Waals surface area contributed by atoms with Crippen LogP contribution in [0.1, 0.15) is 22.8 Å². The Balaban J connectivity index is 1.77. The first-order valence-corrected chi connectivity index (χ1v) is 8.50. The van der Waals surface area contributed by atoms with Gasteiger partial charge in [0, 0.05) is 30.2 Å². The largest absolute Gasteiger partial charge is 0.490 e. The maximum atomic E-state index is 12.4. The SMILES string of the molecule is CCOc1cccc2cc(C(=O)NCCn3cncc(C)c3=O)c(=O)oc12. The van der Waals surface area contributed by atoms with Gasteiger partial charge in [0.1, 0.15) is 5.56 Å². The second-order valence-electron chi connectivity index (χ2n) is 5.89. The van der Waals surface area contributed by atoms with Crippen LogP contribution in [-0.4, -0.2) is 28.6 Å². The van der Waals surface area contributed by atoms with Gasteiger partial charge in [-0.15, -0.1) is 0 Å². The second kappa shape index (κ2) is 7.86. The number of hydrogen-bond donors (Lipinski definition) is 1. The van der Waals surface area contributed by atoms with Gasteiger partial charge in [-0.25, -0.2) is 9.78 Å². The van der Waals surface area contributed by atoms with Crippen LogP contribution in [0.3, 0.4) is 0 Å². The summed E-state index contributed by atoms with van der Waals surface area (Å²) in [6.07, 6.45) is 2.88. The van der Waals surface area contributed by atoms with Gasteiger partial charge in [-0.05, 0) is 26.0 Å². The molecule has 0 aliphatic carbocycles. The van der Waals surface area contributed by atoms with Crippen LogP contribution in [-0.2, 0) is 6.54 Å². The Morgan fingerprint density at radius 2 is 2.15 bits per heavy atom. The number of carbonyl (C=O) groups is 1. The summed E-state index contributed by atoms with van der Waals surface area (Å²) >= 11 is 0. The molecule has 140 valence electrons. The number of benzene rings is 1. The van der Waals surface area contributed by atoms with Crippen molar-refractivity contribution in [3.8, 4) is 5.75 Å². The van der Waals surface area contributed by atoms with Crippen molar-refractivity contribution in [2.24, 2.45) is 0 Å². The molecule has 0 unspecified atom stereocenters. The van der Waals surface area contributed by atoms with E-state index in [1.54, 1.807) is 25.1 Å². The molecule has 1 amide bonds. The number of ether oxygens (including phenoxy) is 1. The van der Waals surface area contributed by atoms with Crippen molar-refractivity contribution in [3.63, 3.8) is 0 Å². The molecule has 27 heavy (non-hydrogen) atoms. The summed E-state index contributed by atoms with van der Waals surface area (Å²) < 4.78 is 12.1. The lowest BCUT2D eigenvalue weighted by Gasteiger charge is -2.09. The Bertz CT molecular complexity index is 1100. The van der Waals surface area contributed by atoms with Crippen LogP contribution in [0, 0.1) is 6.92 Å². The highest BCUT2D eigenvalue weighted by atomic mass is 16.5. The second-order valence-corrected chi connectivity index (χ2v) is 5.89. The first-order valence-electron chi connectivity index (χ1n) is 8.50. The third-order valence-corrected chi connectivity index (χ3v) is 3.98. The van der Waals surface area contributed by atoms with Crippen LogP contribution in [0.5, 0.6) is 5.75 Å². The summed E-state index contributed by atoms with van der Waals surface area (Å²) in [6, 6.07) is 6.66. The smallest absolute Gasteiger partial charge is 0.349 e. The number of rotatable bonds is 6. The molecule has 0 radical (unpaired) electrons. The van der Waals surface area contributed by atoms with Crippen molar-refractivity contribution in [2.45, 2.75) is 20.4 Å². The molecule has 2 aromatic heterocycles. The topological polar surface area (TPSA) is 103 Å². The van der Waals surface area contributed by atoms with E-state index in [1.807, 2.05) is 6.92 Å². The van der Waals surface area contributed by atoms with E-state index >= 15 is 0 Å². The van der Waals surface area contributed by atoms with Gasteiger partial charge in [0.2, 0.25) is 0 Å². The quantitative estimate of drug-likeness (QED) is 0.660. The summed E-state index contributed by atoms with van der Waals surface area (Å²) in [5.74, 6) is -0.119. The average Bonchev–Trinajstić information content (AvgIpc) is 2.65. The van der Waals surface area contributed by atoms with Crippen molar-refractivity contribution >= 4 is 16.9 Å². The lowest BCUT2D eigenvalue weighted by Crippen LogP contribution is -2.33. The zero-order valence-electron chi connectivity index (χ0n) is 15.0. The molecule has 0 fully saturated rings. The zero-order valence-corrected chi connectivity index (χ0v) is 15.0. The van der Waals surface area contributed by atoms with Gasteiger partial charge in [0.15, 0.2) is 11.3 Å². The summed E-state index contributed by atoms with van der Waals surface area (Å²) in [5, 5.41) is 3.21. The highest BCUT2D eigenvalue weighted by Crippen LogP contribution is 2.24. The summed E-state index contributed by atoms with van der Waals surface area (Å²) in [7, 11) is 0. The van der Waals surface area contributed by atoms with E-state index in [-0.39, 0.29) is 24.2 Å². The van der Waals surface area contributed by atoms with Crippen molar-refractivity contribution in [1.82, 2.24) is 14.9 Å². The third kappa shape index (κ3) is 3.89. The number of amides is 1. The van der Waals surface area contributed by atoms with Gasteiger partial charge in [0.25, 0.3) is 11.5 Å². The van der Waals surface area contributed by atoms with Gasteiger partial charge in [0.05, 0.1) is 12.9 Å². The molecule has 8 heteroatoms. The Morgan fingerprint density at radius 1 is 1.33 bits per heavy atom. The number of aryl methyl sites for hydroxylation is 1. The van der Waals surface area contributed by atoms with E-state index < -0.39 is 11.5 Å². The average molecular weight is 369 g/mol. The Hall–Kier alpha value is -3.42. The number of hydrogen-bond acceptors (Lipinski definition) is 6. The molecule has 1 N–H and O–H groups in total. The molecule has 0 spiro atoms. The zero-order chi connectivity index (χ0) is 19.4. The minimum absolute atomic E-state index is 0.106. The van der Waals surface area contributed by atoms with Crippen molar-refractivity contribution in [2.75, 3.05) is 13.2 Å². The number of para-hydroxylation sites is 1. The van der Waals surface area contributed by atoms with Gasteiger partial charge in [-0.2, -0.15) is 0 Å². The van der Waals surface area contributed by atoms with E-state index in [0.717, 1.165) is 0 Å². The standard InChI is InChI=1S/C19H19N3O5/c1-3-26-15-6-4-5-13-9-14(19(25)27-16(13)15)17(23)21-7-8-22-11-20-10-12(2)18(22)24/h4-6,9-11H,3,7-8H2,1-2H3,(H,21,23). The number of nitrogens with one attached hydrogen (secondary N) is 1. The Morgan fingerprint density at radius 3 is 2.93 bits per heavy atom. The van der Waals surface area contributed by atoms with Crippen LogP contribution in [0.4, 0.5) is 0 Å². The maximum absolute atomic E-state index is 12.4. The molecule has 0 saturated carbocycles. The maximum Gasteiger partial charge on any atom is 0.349 e. The van der Waals surface area contributed by atoms with Gasteiger partial charge < -0.3 is 14.5 Å². The minimum atomic E-state index is -0.749. The van der Waals surface area contributed by atoms with Gasteiger partial charge in [-0.1, -0.05) is 12.1 Å². The third-order valence-electron chi connectivity index (χ3n) is 3.98. The Labute approximate surface area is 154 Å². The van der Waals surface area contributed by atoms with Crippen LogP contribution in [0.2, 0.25) is 0 Å². The van der Waals surface area contributed by atoms with Crippen molar-refractivity contribution in [1.29, 1.82) is 0 Å². The van der Waals surface area contributed by atoms with E-state index in [2.05, 4.69) is 10.3 Å². The van der Waals surface area contributed by atoms with Crippen LogP contribution in [0.25, 0.3) is 11.0 Å². The van der Waals surface area contributed by atoms with Gasteiger partial charge >= 0.3 is 5.63 Å². The van der Waals surface area contributed by atoms with E-state index in [1.165, 1.54) is 23.2 Å². The molecule has 0 saturated heterocycles. The summed E-state index contributed by atoms with van der Waals surface area (Å²) in [4.78, 5) is 40.5. The van der Waals surface area contributed by atoms with E-state index in [9.17, 15) is 14.4 Å². The van der Waals surface area contributed by atoms with Crippen LogP contribution < -0.4 is 21.2 Å². The van der Waals surface area contributed by atoms with Crippen molar-refractivity contribution < 1.29 is 13.9 Å². The molecule has 3 aromatic rings. The predicted molar refractivity (Wildman–Crippen MR) is 99.2 cm³/mol. The highest BCUT2D eigenvalue weighted by molar-refractivity contribution is 5.97. The highest BCUT2D eigenvalue weighted by Gasteiger charge is 2.15. The monoisotopic (exact) mass is 369 g/mol. The molecule has 0 aliphatic heterocycles. The molecule has 8 nitrogen and oxygen atoms in total. The molecule has 3 rings (SSSR count). The fraction of sp³-hybridized carbons (Fsp3) is 0.263. The lowest BCUT2D eigenvalue weighted by atomic mass is 10.1. The van der Waals surface area contributed by atoms with Gasteiger partial charge in [-0.3, -0.25) is 14.2 Å². The van der Waals surface area contributed by atoms with Crippen LogP contribution in [0.15, 0.2) is 50.8 Å². The first kappa shape index (κ1) is 18.4. The molecule has 0 aliphatic rings. The fourth-order valence-corrected chi connectivity index (χ4v) is 2.65. The minimum Gasteiger partial charge on any atom is -0.490 e. The first-order chi connectivity index (χ1) is 13.0. The van der Waals surface area contributed by atoms with Crippen molar-refractivity contribution in [3.05, 3.63) is 68.7 Å². The van der Waals surface area contributed by atoms with Crippen LogP contribution >= 0.6 is 0 Å². The normalized spacial score (nSPS) is 10.7. The Kier molecular flexibility index (Phi) is 5.35. The fourth-order valence-electron chi connectivity index (χ4n) is 2.65. The molecule has 1 aromatic carbocycles. The van der Waals surface area contributed by atoms with E-state index in [0.29, 0.717) is 28.9 Å². The molecule has 0 bridgehead atoms. The predicted octanol–water partition coefficient (Wildman–Crippen LogP) is 1.49. The molecule has 0 atom stereocenters. The molecule has 2 heterocycles. The number of fused-ring (bicyclic) bond motifs is 1. The number of nitrogens with zero attached hydrogens (tertiary/aromatic N) is 2. The molecular weight excluding hydrogens is 350 g/mol. The summed E-state index contributed by atoms with van der Waals surface area (Å²) in [6.45, 7) is 4.33. The number of aromatic nitrogens is 2. The van der Waals surface area contributed by atoms with E-state index in [4.69, 9.17) is 9.15 Å². The summed E-state index contributed by atoms with van der Waals surface area (Å²) in [5.41, 5.74) is -0.206. The number of carbonyl (C=O) groups excluding carboxylic acids is 1. The lowest BCUT2D eigenvalue weighted by molar-refractivity contribution is 0.0948.